The molecule has 2 aromatic rings. The van der Waals surface area contributed by atoms with E-state index in [4.69, 9.17) is 0 Å². The van der Waals surface area contributed by atoms with Crippen molar-refractivity contribution >= 4 is 15.9 Å². The van der Waals surface area contributed by atoms with E-state index in [9.17, 15) is 0 Å². The Morgan fingerprint density at radius 3 is 2.67 bits per heavy atom. The van der Waals surface area contributed by atoms with Gasteiger partial charge in [0, 0.05) is 11.5 Å². The predicted octanol–water partition coefficient (Wildman–Crippen LogP) is 4.11. The molecule has 4 rings (SSSR count). The number of halogens is 1. The topological polar surface area (TPSA) is 29.9 Å². The van der Waals surface area contributed by atoms with E-state index in [1.165, 1.54) is 36.9 Å². The summed E-state index contributed by atoms with van der Waals surface area (Å²) in [5.74, 6) is 0.676. The van der Waals surface area contributed by atoms with E-state index in [0.29, 0.717) is 5.92 Å². The predicted molar refractivity (Wildman–Crippen MR) is 87.8 cm³/mol. The van der Waals surface area contributed by atoms with E-state index >= 15 is 0 Å². The van der Waals surface area contributed by atoms with Gasteiger partial charge in [-0.2, -0.15) is 5.10 Å². The first kappa shape index (κ1) is 13.5. The standard InChI is InChI=1S/C17H20BrN3/c1-17(9-2-10-19-17)13-5-7-14(8-6-13)21-16(12-3-4-12)15(18)11-20-21/h5-8,11-12,19H,2-4,9-10H2,1H3. The van der Waals surface area contributed by atoms with Gasteiger partial charge in [0.25, 0.3) is 0 Å². The first-order valence-electron chi connectivity index (χ1n) is 7.77. The highest BCUT2D eigenvalue weighted by molar-refractivity contribution is 9.10. The highest BCUT2D eigenvalue weighted by Gasteiger charge is 2.31. The van der Waals surface area contributed by atoms with E-state index in [0.717, 1.165) is 16.7 Å². The molecule has 0 bridgehead atoms. The number of hydrogen-bond acceptors (Lipinski definition) is 2. The van der Waals surface area contributed by atoms with E-state index in [2.05, 4.69) is 62.2 Å². The fourth-order valence-electron chi connectivity index (χ4n) is 3.38. The molecule has 4 heteroatoms. The van der Waals surface area contributed by atoms with Crippen LogP contribution in [-0.4, -0.2) is 16.3 Å². The molecule has 1 N–H and O–H groups in total. The molecular formula is C17H20BrN3. The van der Waals surface area contributed by atoms with Crippen molar-refractivity contribution in [1.29, 1.82) is 0 Å². The van der Waals surface area contributed by atoms with Crippen LogP contribution in [0, 0.1) is 0 Å². The Kier molecular flexibility index (Phi) is 3.19. The molecule has 1 aromatic heterocycles. The zero-order chi connectivity index (χ0) is 14.4. The lowest BCUT2D eigenvalue weighted by Crippen LogP contribution is -2.33. The molecule has 1 atom stereocenters. The molecule has 1 unspecified atom stereocenters. The second kappa shape index (κ2) is 4.96. The molecule has 1 aromatic carbocycles. The van der Waals surface area contributed by atoms with Gasteiger partial charge in [0.05, 0.1) is 22.1 Å². The van der Waals surface area contributed by atoms with Crippen LogP contribution in [-0.2, 0) is 5.54 Å². The Labute approximate surface area is 133 Å². The van der Waals surface area contributed by atoms with E-state index in [1.807, 2.05) is 6.20 Å². The largest absolute Gasteiger partial charge is 0.308 e. The van der Waals surface area contributed by atoms with Crippen molar-refractivity contribution in [3.05, 3.63) is 46.2 Å². The number of rotatable bonds is 3. The average Bonchev–Trinajstić information content (AvgIpc) is 3.12. The number of hydrogen-bond donors (Lipinski definition) is 1. The van der Waals surface area contributed by atoms with Crippen molar-refractivity contribution in [2.75, 3.05) is 6.54 Å². The molecular weight excluding hydrogens is 326 g/mol. The molecule has 2 aliphatic rings. The summed E-state index contributed by atoms with van der Waals surface area (Å²) in [5, 5.41) is 8.17. The first-order valence-corrected chi connectivity index (χ1v) is 8.56. The quantitative estimate of drug-likeness (QED) is 0.906. The molecule has 3 nitrogen and oxygen atoms in total. The van der Waals surface area contributed by atoms with E-state index in [1.54, 1.807) is 0 Å². The fourth-order valence-corrected chi connectivity index (χ4v) is 3.96. The van der Waals surface area contributed by atoms with Crippen LogP contribution >= 0.6 is 15.9 Å². The maximum atomic E-state index is 4.55. The molecule has 110 valence electrons. The number of benzene rings is 1. The Balaban J connectivity index is 1.68. The summed E-state index contributed by atoms with van der Waals surface area (Å²) < 4.78 is 3.23. The Morgan fingerprint density at radius 2 is 2.05 bits per heavy atom. The molecule has 21 heavy (non-hydrogen) atoms. The summed E-state index contributed by atoms with van der Waals surface area (Å²) in [5.41, 5.74) is 4.01. The number of nitrogens with one attached hydrogen (secondary N) is 1. The number of aromatic nitrogens is 2. The second-order valence-electron chi connectivity index (χ2n) is 6.47. The van der Waals surface area contributed by atoms with Crippen molar-refractivity contribution in [3.63, 3.8) is 0 Å². The molecule has 1 saturated carbocycles. The minimum atomic E-state index is 0.141. The molecule has 2 fully saturated rings. The van der Waals surface area contributed by atoms with Crippen LogP contribution in [0.15, 0.2) is 34.9 Å². The lowest BCUT2D eigenvalue weighted by molar-refractivity contribution is 0.434. The van der Waals surface area contributed by atoms with Gasteiger partial charge in [-0.05, 0) is 72.8 Å². The molecule has 1 saturated heterocycles. The summed E-state index contributed by atoms with van der Waals surface area (Å²) in [6.07, 6.45) is 6.96. The van der Waals surface area contributed by atoms with Crippen LogP contribution in [0.1, 0.15) is 49.8 Å². The minimum Gasteiger partial charge on any atom is -0.308 e. The van der Waals surface area contributed by atoms with Gasteiger partial charge in [0.1, 0.15) is 0 Å². The molecule has 0 amide bonds. The average molecular weight is 346 g/mol. The van der Waals surface area contributed by atoms with Gasteiger partial charge in [0.15, 0.2) is 0 Å². The lowest BCUT2D eigenvalue weighted by atomic mass is 9.90. The fraction of sp³-hybridized carbons (Fsp3) is 0.471. The highest BCUT2D eigenvalue weighted by atomic mass is 79.9. The van der Waals surface area contributed by atoms with Gasteiger partial charge in [0.2, 0.25) is 0 Å². The molecule has 0 spiro atoms. The van der Waals surface area contributed by atoms with Gasteiger partial charge in [-0.1, -0.05) is 12.1 Å². The van der Waals surface area contributed by atoms with Crippen molar-refractivity contribution in [2.24, 2.45) is 0 Å². The molecule has 1 aliphatic heterocycles. The van der Waals surface area contributed by atoms with Crippen LogP contribution < -0.4 is 5.32 Å². The van der Waals surface area contributed by atoms with Crippen LogP contribution in [0.25, 0.3) is 5.69 Å². The Hall–Kier alpha value is -1.13. The third-order valence-electron chi connectivity index (χ3n) is 4.84. The van der Waals surface area contributed by atoms with Crippen LogP contribution in [0.2, 0.25) is 0 Å². The summed E-state index contributed by atoms with van der Waals surface area (Å²) in [6, 6.07) is 8.90. The third kappa shape index (κ3) is 2.34. The van der Waals surface area contributed by atoms with Gasteiger partial charge in [-0.3, -0.25) is 0 Å². The van der Waals surface area contributed by atoms with Gasteiger partial charge < -0.3 is 5.32 Å². The van der Waals surface area contributed by atoms with Crippen LogP contribution in [0.4, 0.5) is 0 Å². The SMILES string of the molecule is CC1(c2ccc(-n3ncc(Br)c3C3CC3)cc2)CCCN1. The maximum absolute atomic E-state index is 4.55. The Morgan fingerprint density at radius 1 is 1.29 bits per heavy atom. The zero-order valence-corrected chi connectivity index (χ0v) is 13.9. The zero-order valence-electron chi connectivity index (χ0n) is 12.3. The summed E-state index contributed by atoms with van der Waals surface area (Å²) in [4.78, 5) is 0. The molecule has 1 aliphatic carbocycles. The first-order chi connectivity index (χ1) is 10.2. The highest BCUT2D eigenvalue weighted by Crippen LogP contribution is 2.44. The van der Waals surface area contributed by atoms with Crippen LogP contribution in [0.3, 0.4) is 0 Å². The van der Waals surface area contributed by atoms with Crippen molar-refractivity contribution in [1.82, 2.24) is 15.1 Å². The van der Waals surface area contributed by atoms with Crippen molar-refractivity contribution < 1.29 is 0 Å². The Bertz CT molecular complexity index is 649. The minimum absolute atomic E-state index is 0.141. The number of nitrogens with zero attached hydrogens (tertiary/aromatic N) is 2. The maximum Gasteiger partial charge on any atom is 0.0649 e. The van der Waals surface area contributed by atoms with Gasteiger partial charge in [-0.25, -0.2) is 4.68 Å². The van der Waals surface area contributed by atoms with Crippen LogP contribution in [0.5, 0.6) is 0 Å². The van der Waals surface area contributed by atoms with Crippen molar-refractivity contribution in [2.45, 2.75) is 44.1 Å². The molecule has 2 heterocycles. The van der Waals surface area contributed by atoms with Gasteiger partial charge >= 0.3 is 0 Å². The third-order valence-corrected chi connectivity index (χ3v) is 5.45. The smallest absolute Gasteiger partial charge is 0.0649 e. The van der Waals surface area contributed by atoms with Crippen molar-refractivity contribution in [3.8, 4) is 5.69 Å². The van der Waals surface area contributed by atoms with E-state index in [-0.39, 0.29) is 5.54 Å². The monoisotopic (exact) mass is 345 g/mol. The summed E-state index contributed by atoms with van der Waals surface area (Å²) in [6.45, 7) is 3.42. The second-order valence-corrected chi connectivity index (χ2v) is 7.33. The summed E-state index contributed by atoms with van der Waals surface area (Å²) >= 11 is 3.64. The normalized spacial score (nSPS) is 25.4. The van der Waals surface area contributed by atoms with E-state index < -0.39 is 0 Å². The van der Waals surface area contributed by atoms with Gasteiger partial charge in [-0.15, -0.1) is 0 Å². The summed E-state index contributed by atoms with van der Waals surface area (Å²) in [7, 11) is 0. The lowest BCUT2D eigenvalue weighted by Gasteiger charge is -2.25. The molecule has 0 radical (unpaired) electrons.